The summed E-state index contributed by atoms with van der Waals surface area (Å²) in [6.45, 7) is 1.33. The Morgan fingerprint density at radius 2 is 1.64 bits per heavy atom. The maximum Gasteiger partial charge on any atom is 0.308 e. The first kappa shape index (κ1) is 17.5. The minimum atomic E-state index is -0.450. The minimum Gasteiger partial charge on any atom is -0.424 e. The zero-order valence-electron chi connectivity index (χ0n) is 15.3. The van der Waals surface area contributed by atoms with E-state index in [1.54, 1.807) is 36.4 Å². The highest BCUT2D eigenvalue weighted by Gasteiger charge is 2.13. The van der Waals surface area contributed by atoms with Crippen molar-refractivity contribution in [2.24, 2.45) is 0 Å². The van der Waals surface area contributed by atoms with Crippen LogP contribution in [0.2, 0.25) is 0 Å². The number of hydrogen-bond donors (Lipinski definition) is 1. The van der Waals surface area contributed by atoms with Gasteiger partial charge in [-0.3, -0.25) is 9.59 Å². The van der Waals surface area contributed by atoms with Crippen molar-refractivity contribution >= 4 is 28.5 Å². The van der Waals surface area contributed by atoms with Gasteiger partial charge in [-0.15, -0.1) is 0 Å². The molecule has 3 aromatic carbocycles. The van der Waals surface area contributed by atoms with E-state index < -0.39 is 5.97 Å². The fourth-order valence-corrected chi connectivity index (χ4v) is 3.10. The molecule has 4 aromatic rings. The molecule has 0 spiro atoms. The van der Waals surface area contributed by atoms with E-state index in [-0.39, 0.29) is 5.91 Å². The zero-order valence-corrected chi connectivity index (χ0v) is 15.3. The standard InChI is InChI=1S/C23H18N2O3/c1-16(26)28-22-12-11-19(25-14-13-17-7-5-6-10-21(17)25)15-20(22)24-23(27)18-8-3-2-4-9-18/h2-15H,1H3,(H,24,27). The molecule has 5 nitrogen and oxygen atoms in total. The summed E-state index contributed by atoms with van der Waals surface area (Å²) in [7, 11) is 0. The molecule has 1 aromatic heterocycles. The summed E-state index contributed by atoms with van der Waals surface area (Å²) >= 11 is 0. The second-order valence-electron chi connectivity index (χ2n) is 6.34. The van der Waals surface area contributed by atoms with Crippen molar-refractivity contribution in [3.63, 3.8) is 0 Å². The van der Waals surface area contributed by atoms with E-state index >= 15 is 0 Å². The predicted octanol–water partition coefficient (Wildman–Crippen LogP) is 4.81. The summed E-state index contributed by atoms with van der Waals surface area (Å²) in [4.78, 5) is 24.1. The normalized spacial score (nSPS) is 10.6. The molecular weight excluding hydrogens is 352 g/mol. The number of hydrogen-bond acceptors (Lipinski definition) is 3. The average molecular weight is 370 g/mol. The Bertz CT molecular complexity index is 1160. The number of amides is 1. The fraction of sp³-hybridized carbons (Fsp3) is 0.0435. The van der Waals surface area contributed by atoms with Gasteiger partial charge in [0.15, 0.2) is 5.75 Å². The second kappa shape index (κ2) is 7.40. The number of para-hydroxylation sites is 1. The number of nitrogens with one attached hydrogen (secondary N) is 1. The average Bonchev–Trinajstić information content (AvgIpc) is 3.14. The predicted molar refractivity (Wildman–Crippen MR) is 109 cm³/mol. The van der Waals surface area contributed by atoms with Gasteiger partial charge in [0, 0.05) is 24.4 Å². The molecule has 0 aliphatic carbocycles. The molecule has 0 aliphatic heterocycles. The van der Waals surface area contributed by atoms with E-state index in [9.17, 15) is 9.59 Å². The van der Waals surface area contributed by atoms with Gasteiger partial charge in [0.2, 0.25) is 0 Å². The van der Waals surface area contributed by atoms with Gasteiger partial charge < -0.3 is 14.6 Å². The number of aromatic nitrogens is 1. The summed E-state index contributed by atoms with van der Waals surface area (Å²) < 4.78 is 7.30. The fourth-order valence-electron chi connectivity index (χ4n) is 3.10. The van der Waals surface area contributed by atoms with Gasteiger partial charge >= 0.3 is 5.97 Å². The van der Waals surface area contributed by atoms with Crippen molar-refractivity contribution < 1.29 is 14.3 Å². The lowest BCUT2D eigenvalue weighted by molar-refractivity contribution is -0.131. The van der Waals surface area contributed by atoms with Crippen LogP contribution in [-0.2, 0) is 4.79 Å². The molecule has 0 atom stereocenters. The monoisotopic (exact) mass is 370 g/mol. The Hall–Kier alpha value is -3.86. The van der Waals surface area contributed by atoms with Crippen molar-refractivity contribution in [3.8, 4) is 11.4 Å². The molecule has 0 saturated heterocycles. The zero-order chi connectivity index (χ0) is 19.5. The molecule has 5 heteroatoms. The van der Waals surface area contributed by atoms with Crippen molar-refractivity contribution in [2.75, 3.05) is 5.32 Å². The number of carbonyl (C=O) groups is 2. The summed E-state index contributed by atoms with van der Waals surface area (Å²) in [5, 5.41) is 3.97. The maximum absolute atomic E-state index is 12.6. The number of fused-ring (bicyclic) bond motifs is 1. The van der Waals surface area contributed by atoms with Crippen LogP contribution in [-0.4, -0.2) is 16.4 Å². The van der Waals surface area contributed by atoms with E-state index in [2.05, 4.69) is 5.32 Å². The van der Waals surface area contributed by atoms with E-state index in [1.165, 1.54) is 6.92 Å². The molecule has 0 bridgehead atoms. The number of carbonyl (C=O) groups excluding carboxylic acids is 2. The van der Waals surface area contributed by atoms with Gasteiger partial charge in [0.1, 0.15) is 0 Å². The number of ether oxygens (including phenoxy) is 1. The lowest BCUT2D eigenvalue weighted by Gasteiger charge is -2.14. The molecule has 0 radical (unpaired) electrons. The molecule has 4 rings (SSSR count). The van der Waals surface area contributed by atoms with Gasteiger partial charge in [0.25, 0.3) is 5.91 Å². The Labute approximate surface area is 162 Å². The van der Waals surface area contributed by atoms with E-state index in [1.807, 2.05) is 53.2 Å². The first-order valence-corrected chi connectivity index (χ1v) is 8.87. The Balaban J connectivity index is 1.75. The largest absolute Gasteiger partial charge is 0.424 e. The first-order valence-electron chi connectivity index (χ1n) is 8.87. The quantitative estimate of drug-likeness (QED) is 0.414. The van der Waals surface area contributed by atoms with Crippen LogP contribution < -0.4 is 10.1 Å². The summed E-state index contributed by atoms with van der Waals surface area (Å²) in [6.07, 6.45) is 1.97. The number of anilines is 1. The Kier molecular flexibility index (Phi) is 4.64. The smallest absolute Gasteiger partial charge is 0.308 e. The van der Waals surface area contributed by atoms with Gasteiger partial charge in [-0.25, -0.2) is 0 Å². The van der Waals surface area contributed by atoms with Crippen LogP contribution in [0.4, 0.5) is 5.69 Å². The van der Waals surface area contributed by atoms with E-state index in [0.29, 0.717) is 17.0 Å². The highest BCUT2D eigenvalue weighted by Crippen LogP contribution is 2.30. The molecule has 0 fully saturated rings. The van der Waals surface area contributed by atoms with Crippen LogP contribution in [0.1, 0.15) is 17.3 Å². The van der Waals surface area contributed by atoms with Crippen molar-refractivity contribution in [2.45, 2.75) is 6.92 Å². The lowest BCUT2D eigenvalue weighted by Crippen LogP contribution is -2.14. The van der Waals surface area contributed by atoms with Crippen LogP contribution in [0.3, 0.4) is 0 Å². The summed E-state index contributed by atoms with van der Waals surface area (Å²) in [5.41, 5.74) is 2.84. The second-order valence-corrected chi connectivity index (χ2v) is 6.34. The Morgan fingerprint density at radius 1 is 0.893 bits per heavy atom. The van der Waals surface area contributed by atoms with Gasteiger partial charge in [-0.1, -0.05) is 36.4 Å². The molecule has 1 amide bonds. The van der Waals surface area contributed by atoms with Gasteiger partial charge in [-0.05, 0) is 47.9 Å². The minimum absolute atomic E-state index is 0.275. The third kappa shape index (κ3) is 3.50. The van der Waals surface area contributed by atoms with Crippen LogP contribution >= 0.6 is 0 Å². The number of nitrogens with zero attached hydrogens (tertiary/aromatic N) is 1. The number of esters is 1. The lowest BCUT2D eigenvalue weighted by atomic mass is 10.2. The number of benzene rings is 3. The van der Waals surface area contributed by atoms with Crippen LogP contribution in [0.25, 0.3) is 16.6 Å². The molecule has 138 valence electrons. The molecule has 1 N–H and O–H groups in total. The van der Waals surface area contributed by atoms with Crippen molar-refractivity contribution in [1.82, 2.24) is 4.57 Å². The molecule has 0 unspecified atom stereocenters. The van der Waals surface area contributed by atoms with Crippen LogP contribution in [0.5, 0.6) is 5.75 Å². The molecular formula is C23H18N2O3. The van der Waals surface area contributed by atoms with Crippen molar-refractivity contribution in [3.05, 3.63) is 90.6 Å². The molecule has 0 aliphatic rings. The van der Waals surface area contributed by atoms with Crippen molar-refractivity contribution in [1.29, 1.82) is 0 Å². The highest BCUT2D eigenvalue weighted by atomic mass is 16.5. The molecule has 28 heavy (non-hydrogen) atoms. The highest BCUT2D eigenvalue weighted by molar-refractivity contribution is 6.05. The maximum atomic E-state index is 12.6. The van der Waals surface area contributed by atoms with E-state index in [0.717, 1.165) is 16.6 Å². The van der Waals surface area contributed by atoms with Gasteiger partial charge in [-0.2, -0.15) is 0 Å². The first-order chi connectivity index (χ1) is 13.6. The summed E-state index contributed by atoms with van der Waals surface area (Å²) in [5.74, 6) is -0.421. The molecule has 0 saturated carbocycles. The molecule has 1 heterocycles. The SMILES string of the molecule is CC(=O)Oc1ccc(-n2ccc3ccccc32)cc1NC(=O)c1ccccc1. The third-order valence-electron chi connectivity index (χ3n) is 4.38. The number of rotatable bonds is 4. The van der Waals surface area contributed by atoms with Crippen LogP contribution in [0, 0.1) is 0 Å². The third-order valence-corrected chi connectivity index (χ3v) is 4.38. The topological polar surface area (TPSA) is 60.3 Å². The Morgan fingerprint density at radius 3 is 2.43 bits per heavy atom. The van der Waals surface area contributed by atoms with E-state index in [4.69, 9.17) is 4.74 Å². The summed E-state index contributed by atoms with van der Waals surface area (Å²) in [6, 6.07) is 24.3. The van der Waals surface area contributed by atoms with Crippen LogP contribution in [0.15, 0.2) is 85.1 Å². The van der Waals surface area contributed by atoms with Gasteiger partial charge in [0.05, 0.1) is 11.2 Å².